The molecule has 0 aliphatic heterocycles. The van der Waals surface area contributed by atoms with Crippen molar-refractivity contribution >= 4 is 41.4 Å². The topological polar surface area (TPSA) is 55.2 Å². The van der Waals surface area contributed by atoms with E-state index in [0.717, 1.165) is 0 Å². The van der Waals surface area contributed by atoms with Gasteiger partial charge in [-0.05, 0) is 0 Å². The molecule has 0 radical (unpaired) electrons. The van der Waals surface area contributed by atoms with E-state index in [4.69, 9.17) is 4.66 Å². The maximum atomic E-state index is 6.47. The first-order valence-electron chi connectivity index (χ1n) is 0.169. The summed E-state index contributed by atoms with van der Waals surface area (Å²) in [6.07, 6.45) is 0. The van der Waals surface area contributed by atoms with Crippen molar-refractivity contribution in [2.75, 3.05) is 0 Å². The van der Waals surface area contributed by atoms with E-state index in [1.54, 1.807) is 0 Å². The average molecular weight is 93.5 g/mol. The van der Waals surface area contributed by atoms with Gasteiger partial charge in [0.15, 0.2) is 0 Å². The molecule has 0 heterocycles. The normalized spacial score (nSPS) is 1.50. The van der Waals surface area contributed by atoms with Crippen LogP contribution in [0.15, 0.2) is 0 Å². The summed E-state index contributed by atoms with van der Waals surface area (Å²) in [6.45, 7) is 0. The van der Waals surface area contributed by atoms with E-state index in [2.05, 4.69) is 11.9 Å². The molecule has 0 saturated carbocycles. The van der Waals surface area contributed by atoms with Gasteiger partial charge >= 0.3 is 29.6 Å². The Balaban J connectivity index is -0.00000000500. The van der Waals surface area contributed by atoms with Gasteiger partial charge in [-0.2, -0.15) is 0 Å². The van der Waals surface area contributed by atoms with E-state index < -0.39 is 0 Å². The number of halogens is 1. The molecule has 0 saturated heterocycles. The zero-order valence-corrected chi connectivity index (χ0v) is 2.29. The molecule has 0 unspecified atom stereocenters. The van der Waals surface area contributed by atoms with Gasteiger partial charge in [0.05, 0.1) is 11.9 Å². The van der Waals surface area contributed by atoms with Crippen LogP contribution in [-0.2, 0) is 0 Å². The van der Waals surface area contributed by atoms with Crippen molar-refractivity contribution in [1.29, 1.82) is 0 Å². The Morgan fingerprint density at radius 3 is 1.25 bits per heavy atom. The van der Waals surface area contributed by atoms with Gasteiger partial charge in [-0.25, -0.2) is 0 Å². The minimum atomic E-state index is 0. The van der Waals surface area contributed by atoms with Crippen LogP contribution in [0.4, 0.5) is 0 Å². The first-order chi connectivity index (χ1) is 1.00. The van der Waals surface area contributed by atoms with Gasteiger partial charge in [-0.3, -0.25) is 4.66 Å². The van der Waals surface area contributed by atoms with Crippen molar-refractivity contribution in [3.05, 3.63) is 0 Å². The average Bonchev–Trinajstić information content (AvgIpc) is 1.00. The summed E-state index contributed by atoms with van der Waals surface area (Å²) >= 11 is 3.64. The third-order valence-electron chi connectivity index (χ3n) is 0. The van der Waals surface area contributed by atoms with Crippen LogP contribution >= 0.6 is 11.9 Å². The van der Waals surface area contributed by atoms with E-state index in [1.807, 2.05) is 0 Å². The van der Waals surface area contributed by atoms with E-state index in [1.165, 1.54) is 0 Å². The molecule has 4 N–H and O–H groups in total. The zero-order chi connectivity index (χ0) is 2.00. The molecule has 0 spiro atoms. The Morgan fingerprint density at radius 1 is 1.25 bits per heavy atom. The van der Waals surface area contributed by atoms with Crippen LogP contribution in [0.5, 0.6) is 0 Å². The van der Waals surface area contributed by atoms with Crippen molar-refractivity contribution in [2.24, 2.45) is 0 Å². The summed E-state index contributed by atoms with van der Waals surface area (Å²) in [5.41, 5.74) is 0. The van der Waals surface area contributed by atoms with Crippen LogP contribution in [0, 0.1) is 0 Å². The predicted molar refractivity (Wildman–Crippen MR) is 20.2 cm³/mol. The second-order valence-corrected chi connectivity index (χ2v) is 0. The van der Waals surface area contributed by atoms with Crippen LogP contribution in [0.1, 0.15) is 0 Å². The summed E-state index contributed by atoms with van der Waals surface area (Å²) in [5, 5.41) is 0. The number of hydrogen-bond acceptors (Lipinski definition) is 2. The van der Waals surface area contributed by atoms with Gasteiger partial charge in [0.25, 0.3) is 0 Å². The van der Waals surface area contributed by atoms with Crippen molar-refractivity contribution in [1.82, 2.24) is 6.15 Å². The molecule has 0 aromatic rings. The summed E-state index contributed by atoms with van der Waals surface area (Å²) < 4.78 is 6.47. The van der Waals surface area contributed by atoms with Crippen LogP contribution in [0.25, 0.3) is 0 Å². The summed E-state index contributed by atoms with van der Waals surface area (Å²) in [4.78, 5) is 0. The van der Waals surface area contributed by atoms with E-state index in [9.17, 15) is 0 Å². The molecule has 0 rings (SSSR count). The van der Waals surface area contributed by atoms with Crippen molar-refractivity contribution in [2.45, 2.75) is 0 Å². The fourth-order valence-electron chi connectivity index (χ4n) is 0. The number of hydrogen-bond donors (Lipinski definition) is 2. The Morgan fingerprint density at radius 2 is 1.25 bits per heavy atom. The van der Waals surface area contributed by atoms with Gasteiger partial charge in [0, 0.05) is 0 Å². The van der Waals surface area contributed by atoms with E-state index in [-0.39, 0.29) is 35.7 Å². The Bertz CT molecular complexity index is 8.00. The Kier molecular flexibility index (Phi) is 140. The molecule has 0 atom stereocenters. The van der Waals surface area contributed by atoms with E-state index >= 15 is 0 Å². The Labute approximate surface area is 52.2 Å². The second kappa shape index (κ2) is 29.6. The third-order valence-corrected chi connectivity index (χ3v) is 0. The SMILES string of the molecule is N.OCl.[NaH]. The van der Waals surface area contributed by atoms with Gasteiger partial charge in [-0.1, -0.05) is 0 Å². The molecular weight excluding hydrogens is 88.4 g/mol. The number of rotatable bonds is 0. The molecule has 0 bridgehead atoms. The third kappa shape index (κ3) is 10.7. The summed E-state index contributed by atoms with van der Waals surface area (Å²) in [7, 11) is 0. The molecule has 4 heteroatoms. The quantitative estimate of drug-likeness (QED) is 0.402. The van der Waals surface area contributed by atoms with Gasteiger partial charge < -0.3 is 6.15 Å². The minimum absolute atomic E-state index is 0. The Hall–Kier alpha value is 1.21. The van der Waals surface area contributed by atoms with Crippen molar-refractivity contribution in [3.8, 4) is 0 Å². The first kappa shape index (κ1) is 18.9. The predicted octanol–water partition coefficient (Wildman–Crippen LogP) is -0.354. The molecule has 0 aromatic carbocycles. The molecule has 0 fully saturated rings. The fourth-order valence-corrected chi connectivity index (χ4v) is 0. The van der Waals surface area contributed by atoms with Gasteiger partial charge in [0.2, 0.25) is 0 Å². The van der Waals surface area contributed by atoms with Gasteiger partial charge in [-0.15, -0.1) is 0 Å². The van der Waals surface area contributed by atoms with Crippen LogP contribution in [0.2, 0.25) is 0 Å². The standard InChI is InChI=1S/ClHO.H3N.Na.H/c1-2;;;/h2H;1H3;;. The molecule has 2 nitrogen and oxygen atoms in total. The molecule has 0 aliphatic rings. The van der Waals surface area contributed by atoms with Crippen LogP contribution in [-0.4, -0.2) is 34.2 Å². The van der Waals surface area contributed by atoms with Crippen molar-refractivity contribution < 1.29 is 4.66 Å². The molecule has 4 heavy (non-hydrogen) atoms. The van der Waals surface area contributed by atoms with Crippen LogP contribution < -0.4 is 6.15 Å². The summed E-state index contributed by atoms with van der Waals surface area (Å²) in [6, 6.07) is 0. The van der Waals surface area contributed by atoms with Crippen LogP contribution in [0.3, 0.4) is 0 Å². The molecular formula is H5ClNNaO. The van der Waals surface area contributed by atoms with E-state index in [0.29, 0.717) is 0 Å². The monoisotopic (exact) mass is 93.0 g/mol. The first-order valence-corrected chi connectivity index (χ1v) is 0.507. The molecule has 0 aliphatic carbocycles. The van der Waals surface area contributed by atoms with Gasteiger partial charge in [0.1, 0.15) is 0 Å². The fraction of sp³-hybridized carbons (Fsp3) is 0. The summed E-state index contributed by atoms with van der Waals surface area (Å²) in [5.74, 6) is 0. The van der Waals surface area contributed by atoms with Crippen molar-refractivity contribution in [3.63, 3.8) is 0 Å². The second-order valence-electron chi connectivity index (χ2n) is 0. The zero-order valence-electron chi connectivity index (χ0n) is 1.53. The maximum absolute atomic E-state index is 6.47. The molecule has 0 amide bonds. The molecule has 0 aromatic heterocycles. The molecule has 24 valence electrons.